The van der Waals surface area contributed by atoms with E-state index in [2.05, 4.69) is 25.2 Å². The van der Waals surface area contributed by atoms with Crippen LogP contribution in [-0.4, -0.2) is 42.0 Å². The lowest BCUT2D eigenvalue weighted by Crippen LogP contribution is -2.32. The monoisotopic (exact) mass is 386 g/mol. The molecule has 1 saturated carbocycles. The smallest absolute Gasteiger partial charge is 0.251 e. The summed E-state index contributed by atoms with van der Waals surface area (Å²) >= 11 is 0. The van der Waals surface area contributed by atoms with E-state index in [1.54, 1.807) is 6.20 Å². The normalized spacial score (nSPS) is 19.0. The summed E-state index contributed by atoms with van der Waals surface area (Å²) in [6, 6.07) is 12.5. The van der Waals surface area contributed by atoms with Gasteiger partial charge in [-0.1, -0.05) is 18.2 Å². The molecule has 3 aromatic heterocycles. The number of pyridine rings is 1. The molecule has 2 atom stereocenters. The first-order valence-electron chi connectivity index (χ1n) is 9.79. The molecule has 8 nitrogen and oxygen atoms in total. The first kappa shape index (κ1) is 17.7. The van der Waals surface area contributed by atoms with Gasteiger partial charge in [0.1, 0.15) is 5.82 Å². The quantitative estimate of drug-likeness (QED) is 0.576. The molecule has 0 bridgehead atoms. The maximum atomic E-state index is 6.17. The van der Waals surface area contributed by atoms with E-state index in [9.17, 15) is 0 Å². The molecule has 8 heteroatoms. The van der Waals surface area contributed by atoms with Crippen LogP contribution in [0.5, 0.6) is 0 Å². The van der Waals surface area contributed by atoms with Gasteiger partial charge in [0.05, 0.1) is 35.5 Å². The van der Waals surface area contributed by atoms with Crippen molar-refractivity contribution in [3.05, 3.63) is 60.7 Å². The molecule has 0 radical (unpaired) electrons. The van der Waals surface area contributed by atoms with Crippen LogP contribution in [0.2, 0.25) is 0 Å². The molecule has 0 spiro atoms. The first-order chi connectivity index (χ1) is 14.2. The van der Waals surface area contributed by atoms with Gasteiger partial charge in [-0.25, -0.2) is 14.6 Å². The van der Waals surface area contributed by atoms with Crippen LogP contribution < -0.4 is 10.6 Å². The third kappa shape index (κ3) is 3.31. The highest BCUT2D eigenvalue weighted by molar-refractivity contribution is 5.80. The molecular weight excluding hydrogens is 364 g/mol. The maximum absolute atomic E-state index is 6.17. The molecule has 29 heavy (non-hydrogen) atoms. The molecular formula is C21H22N8. The van der Waals surface area contributed by atoms with E-state index in [1.165, 1.54) is 0 Å². The number of nitrogens with zero attached hydrogens (tertiary/aromatic N) is 7. The van der Waals surface area contributed by atoms with Gasteiger partial charge in [-0.2, -0.15) is 10.2 Å². The van der Waals surface area contributed by atoms with Crippen molar-refractivity contribution in [1.29, 1.82) is 0 Å². The van der Waals surface area contributed by atoms with E-state index in [4.69, 9.17) is 10.7 Å². The average molecular weight is 386 g/mol. The van der Waals surface area contributed by atoms with E-state index in [-0.39, 0.29) is 12.1 Å². The summed E-state index contributed by atoms with van der Waals surface area (Å²) in [6.45, 7) is 1.88. The highest BCUT2D eigenvalue weighted by Crippen LogP contribution is 2.31. The molecule has 0 amide bonds. The van der Waals surface area contributed by atoms with Crippen molar-refractivity contribution in [3.8, 4) is 5.69 Å². The molecule has 4 aromatic rings. The number of nitrogens with two attached hydrogens (primary N) is 1. The lowest BCUT2D eigenvalue weighted by atomic mass is 10.2. The highest BCUT2D eigenvalue weighted by atomic mass is 15.4. The number of rotatable bonds is 4. The number of fused-ring (bicyclic) bond motifs is 1. The number of hydrogen-bond donors (Lipinski definition) is 1. The van der Waals surface area contributed by atoms with Crippen LogP contribution in [0.4, 0.5) is 11.8 Å². The van der Waals surface area contributed by atoms with E-state index >= 15 is 0 Å². The Balaban J connectivity index is 1.52. The van der Waals surface area contributed by atoms with Crippen molar-refractivity contribution < 1.29 is 0 Å². The molecule has 3 heterocycles. The van der Waals surface area contributed by atoms with Crippen molar-refractivity contribution in [2.45, 2.75) is 38.3 Å². The van der Waals surface area contributed by atoms with Gasteiger partial charge >= 0.3 is 0 Å². The van der Waals surface area contributed by atoms with Crippen LogP contribution >= 0.6 is 0 Å². The van der Waals surface area contributed by atoms with Crippen LogP contribution in [0.15, 0.2) is 55.0 Å². The van der Waals surface area contributed by atoms with Crippen molar-refractivity contribution in [2.24, 2.45) is 5.73 Å². The summed E-state index contributed by atoms with van der Waals surface area (Å²) in [5.41, 5.74) is 8.90. The van der Waals surface area contributed by atoms with Crippen LogP contribution in [0.3, 0.4) is 0 Å². The van der Waals surface area contributed by atoms with Gasteiger partial charge < -0.3 is 5.73 Å². The summed E-state index contributed by atoms with van der Waals surface area (Å²) in [4.78, 5) is 11.3. The van der Waals surface area contributed by atoms with E-state index < -0.39 is 0 Å². The van der Waals surface area contributed by atoms with Gasteiger partial charge in [0.2, 0.25) is 0 Å². The van der Waals surface area contributed by atoms with Crippen molar-refractivity contribution >= 4 is 22.7 Å². The zero-order valence-electron chi connectivity index (χ0n) is 16.2. The second-order valence-electron chi connectivity index (χ2n) is 7.49. The topological polar surface area (TPSA) is 98.6 Å². The Hall–Kier alpha value is -3.39. The Labute approximate surface area is 168 Å². The lowest BCUT2D eigenvalue weighted by Gasteiger charge is -2.27. The molecule has 146 valence electrons. The molecule has 1 aliphatic rings. The molecule has 1 aliphatic carbocycles. The van der Waals surface area contributed by atoms with Crippen molar-refractivity contribution in [1.82, 2.24) is 29.9 Å². The Morgan fingerprint density at radius 1 is 1.00 bits per heavy atom. The summed E-state index contributed by atoms with van der Waals surface area (Å²) in [5.74, 6) is 1.34. The molecule has 2 N–H and O–H groups in total. The van der Waals surface area contributed by atoms with Gasteiger partial charge in [-0.15, -0.1) is 5.10 Å². The highest BCUT2D eigenvalue weighted by Gasteiger charge is 2.31. The maximum Gasteiger partial charge on any atom is 0.251 e. The second-order valence-corrected chi connectivity index (χ2v) is 7.49. The Morgan fingerprint density at radius 3 is 2.62 bits per heavy atom. The fourth-order valence-corrected chi connectivity index (χ4v) is 3.94. The minimum atomic E-state index is 0.190. The zero-order valence-corrected chi connectivity index (χ0v) is 16.2. The molecule has 1 aromatic carbocycles. The summed E-state index contributed by atoms with van der Waals surface area (Å²) in [5, 5.41) is 14.1. The molecule has 0 saturated heterocycles. The number of hydrogen-bond acceptors (Lipinski definition) is 7. The summed E-state index contributed by atoms with van der Waals surface area (Å²) < 4.78 is 1.89. The summed E-state index contributed by atoms with van der Waals surface area (Å²) in [6.07, 6.45) is 8.27. The number of para-hydroxylation sites is 1. The number of aromatic nitrogens is 6. The molecule has 1 fully saturated rings. The van der Waals surface area contributed by atoms with Gasteiger partial charge in [-0.3, -0.25) is 4.90 Å². The fraction of sp³-hybridized carbons (Fsp3) is 0.286. The predicted octanol–water partition coefficient (Wildman–Crippen LogP) is 2.93. The van der Waals surface area contributed by atoms with Crippen LogP contribution in [-0.2, 0) is 0 Å². The Morgan fingerprint density at radius 2 is 1.90 bits per heavy atom. The summed E-state index contributed by atoms with van der Waals surface area (Å²) in [7, 11) is 0. The zero-order chi connectivity index (χ0) is 19.8. The van der Waals surface area contributed by atoms with Gasteiger partial charge in [0, 0.05) is 17.5 Å². The number of anilines is 2. The van der Waals surface area contributed by atoms with Crippen molar-refractivity contribution in [3.63, 3.8) is 0 Å². The molecule has 5 rings (SSSR count). The van der Waals surface area contributed by atoms with E-state index in [1.807, 2.05) is 60.4 Å². The van der Waals surface area contributed by atoms with Gasteiger partial charge in [-0.05, 0) is 44.4 Å². The van der Waals surface area contributed by atoms with E-state index in [0.717, 1.165) is 47.4 Å². The standard InChI is InChI=1S/C21H22N8/c1-14-11-24-21(27-26-14)28(17-7-6-16(22)10-17)20-9-8-18(13-23-20)29-19-5-3-2-4-15(19)12-25-29/h2-5,8-9,11-13,16-17H,6-7,10,22H2,1H3/t16-,17-/m0/s1. The fourth-order valence-electron chi connectivity index (χ4n) is 3.94. The lowest BCUT2D eigenvalue weighted by molar-refractivity contribution is 0.630. The number of aryl methyl sites for hydroxylation is 1. The van der Waals surface area contributed by atoms with E-state index in [0.29, 0.717) is 5.95 Å². The van der Waals surface area contributed by atoms with Crippen LogP contribution in [0.1, 0.15) is 25.0 Å². The Bertz CT molecular complexity index is 1120. The Kier molecular flexibility index (Phi) is 4.40. The third-order valence-electron chi connectivity index (χ3n) is 5.39. The average Bonchev–Trinajstić information content (AvgIpc) is 3.37. The van der Waals surface area contributed by atoms with Crippen molar-refractivity contribution in [2.75, 3.05) is 4.90 Å². The van der Waals surface area contributed by atoms with Gasteiger partial charge in [0.15, 0.2) is 0 Å². The second kappa shape index (κ2) is 7.21. The minimum absolute atomic E-state index is 0.190. The molecule has 0 unspecified atom stereocenters. The SMILES string of the molecule is Cc1cnc(N(c2ccc(-n3ncc4ccccc43)cn2)[C@H]2CC[C@H](N)C2)nn1. The third-order valence-corrected chi connectivity index (χ3v) is 5.39. The van der Waals surface area contributed by atoms with Crippen LogP contribution in [0, 0.1) is 6.92 Å². The molecule has 0 aliphatic heterocycles. The first-order valence-corrected chi connectivity index (χ1v) is 9.79. The largest absolute Gasteiger partial charge is 0.328 e. The number of benzene rings is 1. The van der Waals surface area contributed by atoms with Crippen LogP contribution in [0.25, 0.3) is 16.6 Å². The minimum Gasteiger partial charge on any atom is -0.328 e. The van der Waals surface area contributed by atoms with Gasteiger partial charge in [0.25, 0.3) is 5.95 Å². The predicted molar refractivity (Wildman–Crippen MR) is 111 cm³/mol.